The van der Waals surface area contributed by atoms with Crippen LogP contribution in [0.3, 0.4) is 0 Å². The number of aliphatic hydroxyl groups is 1. The summed E-state index contributed by atoms with van der Waals surface area (Å²) in [5.41, 5.74) is 1.44. The fourth-order valence-electron chi connectivity index (χ4n) is 3.75. The van der Waals surface area contributed by atoms with Crippen LogP contribution in [0.15, 0.2) is 67.5 Å². The maximum atomic E-state index is 12.8. The first-order chi connectivity index (χ1) is 12.7. The fourth-order valence-corrected chi connectivity index (χ4v) is 3.75. The molecule has 134 valence electrons. The number of nitrogens with zero attached hydrogens (tertiary/aromatic N) is 3. The molecule has 1 aromatic carbocycles. The van der Waals surface area contributed by atoms with E-state index in [-0.39, 0.29) is 11.9 Å². The summed E-state index contributed by atoms with van der Waals surface area (Å²) in [6, 6.07) is 11.1. The molecule has 0 spiro atoms. The molecule has 6 nitrogen and oxygen atoms in total. The summed E-state index contributed by atoms with van der Waals surface area (Å²) in [6.45, 7) is 0.809. The third-order valence-corrected chi connectivity index (χ3v) is 5.00. The highest BCUT2D eigenvalue weighted by molar-refractivity contribution is 5.98. The van der Waals surface area contributed by atoms with Crippen molar-refractivity contribution in [2.24, 2.45) is 5.92 Å². The van der Waals surface area contributed by atoms with Crippen molar-refractivity contribution in [3.05, 3.63) is 73.1 Å². The summed E-state index contributed by atoms with van der Waals surface area (Å²) in [6.07, 6.45) is 10.2. The number of aliphatic hydroxyl groups excluding tert-OH is 1. The van der Waals surface area contributed by atoms with Gasteiger partial charge >= 0.3 is 0 Å². The number of nitrogens with one attached hydrogen (secondary N) is 1. The lowest BCUT2D eigenvalue weighted by Gasteiger charge is -2.18. The Bertz CT molecular complexity index is 858. The highest BCUT2D eigenvalue weighted by Crippen LogP contribution is 2.28. The normalized spacial score (nSPS) is 22.4. The van der Waals surface area contributed by atoms with E-state index in [9.17, 15) is 9.90 Å². The van der Waals surface area contributed by atoms with Crippen LogP contribution in [0.1, 0.15) is 23.2 Å². The quantitative estimate of drug-likeness (QED) is 0.741. The van der Waals surface area contributed by atoms with Crippen LogP contribution in [0, 0.1) is 5.92 Å². The van der Waals surface area contributed by atoms with Gasteiger partial charge in [-0.15, -0.1) is 0 Å². The number of benzene rings is 1. The van der Waals surface area contributed by atoms with Gasteiger partial charge in [-0.05, 0) is 43.0 Å². The average molecular weight is 350 g/mol. The van der Waals surface area contributed by atoms with Crippen molar-refractivity contribution >= 4 is 5.91 Å². The Morgan fingerprint density at radius 1 is 1.15 bits per heavy atom. The largest absolute Gasteiger partial charge is 0.391 e. The molecule has 0 bridgehead atoms. The summed E-state index contributed by atoms with van der Waals surface area (Å²) in [5, 5.41) is 13.4. The molecule has 3 atom stereocenters. The van der Waals surface area contributed by atoms with Crippen molar-refractivity contribution in [3.63, 3.8) is 0 Å². The first kappa shape index (κ1) is 16.6. The molecule has 1 unspecified atom stereocenters. The Kier molecular flexibility index (Phi) is 4.58. The summed E-state index contributed by atoms with van der Waals surface area (Å²) in [7, 11) is 0. The Morgan fingerprint density at radius 2 is 1.96 bits per heavy atom. The van der Waals surface area contributed by atoms with Crippen LogP contribution in [0.4, 0.5) is 0 Å². The van der Waals surface area contributed by atoms with Gasteiger partial charge in [0.25, 0.3) is 5.91 Å². The number of carbonyl (C=O) groups is 1. The van der Waals surface area contributed by atoms with Gasteiger partial charge in [-0.2, -0.15) is 0 Å². The van der Waals surface area contributed by atoms with Crippen molar-refractivity contribution in [2.45, 2.75) is 31.5 Å². The Hall–Kier alpha value is -2.86. The van der Waals surface area contributed by atoms with Gasteiger partial charge in [0.1, 0.15) is 0 Å². The van der Waals surface area contributed by atoms with Crippen LogP contribution in [-0.4, -0.2) is 37.3 Å². The second-order valence-electron chi connectivity index (χ2n) is 6.85. The van der Waals surface area contributed by atoms with Crippen molar-refractivity contribution in [3.8, 4) is 5.69 Å². The zero-order valence-corrected chi connectivity index (χ0v) is 14.4. The number of imidazole rings is 1. The number of hydrogen-bond acceptors (Lipinski definition) is 3. The van der Waals surface area contributed by atoms with Crippen molar-refractivity contribution < 1.29 is 9.90 Å². The first-order valence-electron chi connectivity index (χ1n) is 8.88. The summed E-state index contributed by atoms with van der Waals surface area (Å²) >= 11 is 0. The van der Waals surface area contributed by atoms with Crippen LogP contribution in [0.2, 0.25) is 0 Å². The number of hydrogen-bond donors (Lipinski definition) is 2. The summed E-state index contributed by atoms with van der Waals surface area (Å²) in [5.74, 6) is 0.172. The molecule has 26 heavy (non-hydrogen) atoms. The minimum atomic E-state index is -0.522. The zero-order valence-electron chi connectivity index (χ0n) is 14.4. The fraction of sp³-hybridized carbons (Fsp3) is 0.300. The number of carbonyl (C=O) groups excluding carboxylic acids is 1. The van der Waals surface area contributed by atoms with E-state index >= 15 is 0 Å². The van der Waals surface area contributed by atoms with E-state index in [0.29, 0.717) is 17.9 Å². The molecule has 2 aromatic heterocycles. The lowest BCUT2D eigenvalue weighted by molar-refractivity contribution is 0.0873. The molecular formula is C20H22N4O2. The molecule has 1 aliphatic rings. The van der Waals surface area contributed by atoms with E-state index in [4.69, 9.17) is 0 Å². The molecule has 3 aromatic rings. The molecule has 2 N–H and O–H groups in total. The Morgan fingerprint density at radius 3 is 2.73 bits per heavy atom. The molecule has 1 aliphatic carbocycles. The van der Waals surface area contributed by atoms with E-state index in [1.54, 1.807) is 12.5 Å². The van der Waals surface area contributed by atoms with Gasteiger partial charge in [0.2, 0.25) is 0 Å². The van der Waals surface area contributed by atoms with Gasteiger partial charge in [0.15, 0.2) is 0 Å². The van der Waals surface area contributed by atoms with Crippen molar-refractivity contribution in [2.75, 3.05) is 0 Å². The smallest absolute Gasteiger partial charge is 0.253 e. The standard InChI is InChI=1S/C20H22N4O2/c25-19-12-15(13-23-10-7-21-14-23)11-17(19)22-20(26)16-5-1-2-6-18(16)24-8-3-4-9-24/h1-10,14-15,17,19,25H,11-13H2,(H,22,26)/t15?,17-,19-/m1/s1. The minimum Gasteiger partial charge on any atom is -0.391 e. The van der Waals surface area contributed by atoms with Crippen LogP contribution in [0.5, 0.6) is 0 Å². The van der Waals surface area contributed by atoms with E-state index in [2.05, 4.69) is 10.3 Å². The number of aromatic nitrogens is 3. The lowest BCUT2D eigenvalue weighted by atomic mass is 10.1. The molecule has 1 amide bonds. The number of amides is 1. The van der Waals surface area contributed by atoms with Crippen LogP contribution >= 0.6 is 0 Å². The molecular weight excluding hydrogens is 328 g/mol. The second-order valence-corrected chi connectivity index (χ2v) is 6.85. The minimum absolute atomic E-state index is 0.151. The summed E-state index contributed by atoms with van der Waals surface area (Å²) in [4.78, 5) is 16.9. The SMILES string of the molecule is O=C(N[C@@H]1CC(Cn2ccnc2)C[C@H]1O)c1ccccc1-n1cccc1. The highest BCUT2D eigenvalue weighted by Gasteiger charge is 2.34. The van der Waals surface area contributed by atoms with Gasteiger partial charge in [-0.3, -0.25) is 4.79 Å². The maximum Gasteiger partial charge on any atom is 0.253 e. The topological polar surface area (TPSA) is 72.1 Å². The molecule has 0 saturated heterocycles. The zero-order chi connectivity index (χ0) is 17.9. The van der Waals surface area contributed by atoms with Crippen LogP contribution < -0.4 is 5.32 Å². The van der Waals surface area contributed by atoms with E-state index in [1.807, 2.05) is 64.1 Å². The Balaban J connectivity index is 1.45. The third-order valence-electron chi connectivity index (χ3n) is 5.00. The molecule has 1 saturated carbocycles. The molecule has 0 aliphatic heterocycles. The summed E-state index contributed by atoms with van der Waals surface area (Å²) < 4.78 is 3.94. The van der Waals surface area contributed by atoms with Crippen LogP contribution in [0.25, 0.3) is 5.69 Å². The van der Waals surface area contributed by atoms with Crippen molar-refractivity contribution in [1.82, 2.24) is 19.4 Å². The molecule has 1 fully saturated rings. The van der Waals surface area contributed by atoms with Gasteiger partial charge in [-0.25, -0.2) is 4.98 Å². The van der Waals surface area contributed by atoms with Gasteiger partial charge in [-0.1, -0.05) is 12.1 Å². The first-order valence-corrected chi connectivity index (χ1v) is 8.88. The average Bonchev–Trinajstić information content (AvgIpc) is 3.39. The molecule has 4 rings (SSSR count). The predicted molar refractivity (Wildman–Crippen MR) is 98.0 cm³/mol. The number of rotatable bonds is 5. The maximum absolute atomic E-state index is 12.8. The second kappa shape index (κ2) is 7.17. The molecule has 0 radical (unpaired) electrons. The van der Waals surface area contributed by atoms with E-state index < -0.39 is 6.10 Å². The highest BCUT2D eigenvalue weighted by atomic mass is 16.3. The Labute approximate surface area is 152 Å². The third kappa shape index (κ3) is 3.41. The van der Waals surface area contributed by atoms with Crippen molar-refractivity contribution in [1.29, 1.82) is 0 Å². The van der Waals surface area contributed by atoms with Gasteiger partial charge in [0.05, 0.1) is 29.7 Å². The molecule has 2 heterocycles. The molecule has 6 heteroatoms. The predicted octanol–water partition coefficient (Wildman–Crippen LogP) is 2.24. The van der Waals surface area contributed by atoms with E-state index in [0.717, 1.165) is 18.7 Å². The van der Waals surface area contributed by atoms with Gasteiger partial charge in [0, 0.05) is 31.3 Å². The van der Waals surface area contributed by atoms with Crippen LogP contribution in [-0.2, 0) is 6.54 Å². The lowest BCUT2D eigenvalue weighted by Crippen LogP contribution is -2.40. The van der Waals surface area contributed by atoms with E-state index in [1.165, 1.54) is 0 Å². The monoisotopic (exact) mass is 350 g/mol. The number of para-hydroxylation sites is 1. The van der Waals surface area contributed by atoms with Gasteiger partial charge < -0.3 is 19.6 Å².